The monoisotopic (exact) mass is 1150 g/mol. The summed E-state index contributed by atoms with van der Waals surface area (Å²) in [4.78, 5) is 15.5. The fourth-order valence-corrected chi connectivity index (χ4v) is 11.3. The third kappa shape index (κ3) is 42.7. The normalized spacial score (nSPS) is 20.9. The summed E-state index contributed by atoms with van der Waals surface area (Å²) in [6, 6.07) is 5.24. The van der Waals surface area contributed by atoms with Crippen LogP contribution in [0.4, 0.5) is 0 Å². The van der Waals surface area contributed by atoms with Crippen molar-refractivity contribution in [1.82, 2.24) is 29.4 Å². The zero-order valence-electron chi connectivity index (χ0n) is 63.5. The first kappa shape index (κ1) is 91.4. The number of hydrogen-bond acceptors (Lipinski definition) is 6. The number of hydrogen-bond donors (Lipinski definition) is 0. The van der Waals surface area contributed by atoms with Gasteiger partial charge in [-0.05, 0) is 220 Å². The van der Waals surface area contributed by atoms with Crippen LogP contribution in [0, 0.1) is 53.3 Å². The van der Waals surface area contributed by atoms with Crippen molar-refractivity contribution in [2.75, 3.05) is 72.0 Å². The van der Waals surface area contributed by atoms with E-state index >= 15 is 0 Å². The average Bonchev–Trinajstić information content (AvgIpc) is 4.29. The molecule has 6 nitrogen and oxygen atoms in total. The van der Waals surface area contributed by atoms with Crippen LogP contribution in [0.15, 0.2) is 23.3 Å². The highest BCUT2D eigenvalue weighted by Gasteiger charge is 2.29. The minimum Gasteiger partial charge on any atom is -0.301 e. The van der Waals surface area contributed by atoms with Crippen molar-refractivity contribution < 1.29 is 0 Å². The van der Waals surface area contributed by atoms with E-state index in [1.54, 1.807) is 11.1 Å². The van der Waals surface area contributed by atoms with Gasteiger partial charge in [-0.1, -0.05) is 189 Å². The average molecular weight is 1150 g/mol. The van der Waals surface area contributed by atoms with Crippen molar-refractivity contribution >= 4 is 0 Å². The molecule has 0 amide bonds. The molecule has 0 spiro atoms. The molecule has 494 valence electrons. The Labute approximate surface area is 518 Å². The Morgan fingerprint density at radius 3 is 0.938 bits per heavy atom. The topological polar surface area (TPSA) is 19.4 Å². The van der Waals surface area contributed by atoms with E-state index in [0.717, 1.165) is 96.6 Å². The van der Waals surface area contributed by atoms with Crippen LogP contribution < -0.4 is 0 Å². The van der Waals surface area contributed by atoms with E-state index < -0.39 is 0 Å². The van der Waals surface area contributed by atoms with Crippen LogP contribution in [0.1, 0.15) is 301 Å². The third-order valence-corrected chi connectivity index (χ3v) is 17.3. The third-order valence-electron chi connectivity index (χ3n) is 17.3. The van der Waals surface area contributed by atoms with Gasteiger partial charge in [0.15, 0.2) is 0 Å². The van der Waals surface area contributed by atoms with Crippen molar-refractivity contribution in [3.63, 3.8) is 0 Å². The van der Waals surface area contributed by atoms with Crippen molar-refractivity contribution in [3.8, 4) is 0 Å². The van der Waals surface area contributed by atoms with Crippen molar-refractivity contribution in [2.45, 2.75) is 343 Å². The molecule has 6 aliphatic rings. The first-order valence-electron chi connectivity index (χ1n) is 36.0. The maximum Gasteiger partial charge on any atom is 0.0201 e. The van der Waals surface area contributed by atoms with E-state index in [1.165, 1.54) is 110 Å². The second kappa shape index (κ2) is 57.0. The summed E-state index contributed by atoms with van der Waals surface area (Å²) in [5.41, 5.74) is 3.26. The highest BCUT2D eigenvalue weighted by Crippen LogP contribution is 2.28. The summed E-state index contributed by atoms with van der Waals surface area (Å²) < 4.78 is 0. The van der Waals surface area contributed by atoms with E-state index in [9.17, 15) is 0 Å². The van der Waals surface area contributed by atoms with Gasteiger partial charge < -0.3 is 14.7 Å². The lowest BCUT2D eigenvalue weighted by Crippen LogP contribution is -2.41. The molecular weight excluding hydrogens is 985 g/mol. The molecular formula is C75H164N6. The molecule has 0 radical (unpaired) electrons. The van der Waals surface area contributed by atoms with Gasteiger partial charge in [-0.25, -0.2) is 0 Å². The van der Waals surface area contributed by atoms with Crippen LogP contribution in [0.25, 0.3) is 0 Å². The van der Waals surface area contributed by atoms with Gasteiger partial charge in [0, 0.05) is 81.6 Å². The number of piperidine rings is 2. The molecule has 0 aromatic heterocycles. The number of likely N-dealkylation sites (tertiary alicyclic amines) is 4. The molecule has 6 heteroatoms. The highest BCUT2D eigenvalue weighted by molar-refractivity contribution is 5.14. The van der Waals surface area contributed by atoms with Crippen LogP contribution in [0.2, 0.25) is 0 Å². The molecule has 0 N–H and O–H groups in total. The summed E-state index contributed by atoms with van der Waals surface area (Å²) in [6.45, 7) is 93.4. The van der Waals surface area contributed by atoms with E-state index in [4.69, 9.17) is 0 Å². The molecule has 6 aliphatic heterocycles. The standard InChI is InChI=1S/C11H23N.C11H21N.C11H23N.C10H21N.C10H19N.C10H21N.6C2H6/c2*1-9(2)11-5-7-12(8-6-11)10(3)4;1-9(2)11-6-5-7-12(8-11)10(3)4;2*1-8(2)10-5-6-11(7-10)9(3)4;1-8(2)10-6-5-7-11(10)9(3)4;6*1-2/h9-11H,5-8H2,1-4H3;5,9-10H,6-8H2,1-4H3;9-11H,5-8H2,1-4H3;8-10H,5-7H2,1-4H3;5,8-9H,6-7H2,1-4H3;8-10H,5-7H2,1-4H3;6*1-2H3. The maximum absolute atomic E-state index is 2.64. The summed E-state index contributed by atoms with van der Waals surface area (Å²) >= 11 is 0. The largest absolute Gasteiger partial charge is 0.301 e. The first-order valence-corrected chi connectivity index (χ1v) is 36.0. The molecule has 6 heterocycles. The summed E-state index contributed by atoms with van der Waals surface area (Å²) in [6.07, 6.45) is 16.0. The fraction of sp³-hybridized carbons (Fsp3) is 0.947. The molecule has 0 aliphatic carbocycles. The fourth-order valence-electron chi connectivity index (χ4n) is 11.3. The molecule has 4 saturated heterocycles. The second-order valence-corrected chi connectivity index (χ2v) is 26.3. The maximum atomic E-state index is 2.64. The molecule has 4 fully saturated rings. The molecule has 3 atom stereocenters. The Bertz CT molecular complexity index is 1270. The molecule has 6 rings (SSSR count). The Morgan fingerprint density at radius 2 is 0.654 bits per heavy atom. The van der Waals surface area contributed by atoms with Crippen molar-refractivity contribution in [2.24, 2.45) is 53.3 Å². The lowest BCUT2D eigenvalue weighted by Gasteiger charge is -2.37. The van der Waals surface area contributed by atoms with E-state index in [2.05, 4.69) is 208 Å². The predicted molar refractivity (Wildman–Crippen MR) is 380 cm³/mol. The van der Waals surface area contributed by atoms with Crippen LogP contribution in [0.3, 0.4) is 0 Å². The van der Waals surface area contributed by atoms with Crippen molar-refractivity contribution in [1.29, 1.82) is 0 Å². The SMILES string of the molecule is CC.CC.CC.CC.CC.CC.CC(C)C1=CCN(C(C)C)C1.CC(C)C1=CCN(C(C)C)CC1.CC(C)C1CCCN(C(C)C)C1.CC(C)C1CCCN1C(C)C.CC(C)C1CCN(C(C)C)C1.CC(C)C1CCN(C(C)C)CC1. The molecule has 3 unspecified atom stereocenters. The molecule has 0 saturated carbocycles. The first-order chi connectivity index (χ1) is 38.2. The Balaban J connectivity index is -0.000000200. The van der Waals surface area contributed by atoms with Crippen LogP contribution in [0.5, 0.6) is 0 Å². The van der Waals surface area contributed by atoms with Gasteiger partial charge in [0.05, 0.1) is 0 Å². The van der Waals surface area contributed by atoms with Crippen molar-refractivity contribution in [3.05, 3.63) is 23.3 Å². The van der Waals surface area contributed by atoms with Gasteiger partial charge in [0.2, 0.25) is 0 Å². The number of nitrogens with zero attached hydrogens (tertiary/aromatic N) is 6. The predicted octanol–water partition coefficient (Wildman–Crippen LogP) is 21.5. The highest BCUT2D eigenvalue weighted by atomic mass is 15.2. The minimum absolute atomic E-state index is 0.697. The van der Waals surface area contributed by atoms with E-state index in [0.29, 0.717) is 12.1 Å². The Hall–Kier alpha value is -0.760. The second-order valence-electron chi connectivity index (χ2n) is 26.3. The zero-order valence-corrected chi connectivity index (χ0v) is 63.5. The van der Waals surface area contributed by atoms with E-state index in [1.807, 2.05) is 83.1 Å². The van der Waals surface area contributed by atoms with Gasteiger partial charge in [-0.15, -0.1) is 0 Å². The van der Waals surface area contributed by atoms with Crippen LogP contribution in [-0.4, -0.2) is 144 Å². The van der Waals surface area contributed by atoms with Gasteiger partial charge in [0.25, 0.3) is 0 Å². The Morgan fingerprint density at radius 1 is 0.309 bits per heavy atom. The molecule has 0 aromatic carbocycles. The molecule has 81 heavy (non-hydrogen) atoms. The van der Waals surface area contributed by atoms with Crippen LogP contribution >= 0.6 is 0 Å². The summed E-state index contributed by atoms with van der Waals surface area (Å²) in [7, 11) is 0. The lowest BCUT2D eigenvalue weighted by molar-refractivity contribution is 0.117. The Kier molecular flexibility index (Phi) is 64.3. The summed E-state index contributed by atoms with van der Waals surface area (Å²) in [5, 5.41) is 0. The lowest BCUT2D eigenvalue weighted by atomic mass is 9.86. The smallest absolute Gasteiger partial charge is 0.0201 e. The number of rotatable bonds is 12. The van der Waals surface area contributed by atoms with Gasteiger partial charge >= 0.3 is 0 Å². The summed E-state index contributed by atoms with van der Waals surface area (Å²) in [5.74, 6) is 7.83. The minimum atomic E-state index is 0.697. The quantitative estimate of drug-likeness (QED) is 0.180. The van der Waals surface area contributed by atoms with E-state index in [-0.39, 0.29) is 0 Å². The van der Waals surface area contributed by atoms with Gasteiger partial charge in [0.1, 0.15) is 0 Å². The van der Waals surface area contributed by atoms with Gasteiger partial charge in [-0.3, -0.25) is 14.7 Å². The van der Waals surface area contributed by atoms with Crippen LogP contribution in [-0.2, 0) is 0 Å². The van der Waals surface area contributed by atoms with Gasteiger partial charge in [-0.2, -0.15) is 0 Å². The molecule has 0 aromatic rings. The zero-order chi connectivity index (χ0) is 64.7. The molecule has 0 bridgehead atoms.